The van der Waals surface area contributed by atoms with E-state index in [1.54, 1.807) is 0 Å². The second-order valence-electron chi connectivity index (χ2n) is 3.65. The number of nitrogens with one attached hydrogen (secondary N) is 1. The second-order valence-corrected chi connectivity index (χ2v) is 3.65. The van der Waals surface area contributed by atoms with Crippen LogP contribution in [0.15, 0.2) is 0 Å². The lowest BCUT2D eigenvalue weighted by Gasteiger charge is -2.20. The van der Waals surface area contributed by atoms with Crippen molar-refractivity contribution in [2.75, 3.05) is 13.1 Å². The molecule has 0 aromatic heterocycles. The lowest BCUT2D eigenvalue weighted by Crippen LogP contribution is -2.42. The van der Waals surface area contributed by atoms with Crippen LogP contribution in [-0.4, -0.2) is 19.0 Å². The molecular weight excluding hydrogens is 164 g/mol. The van der Waals surface area contributed by atoms with E-state index in [-0.39, 0.29) is 5.91 Å². The number of terminal acetylenes is 1. The molecule has 0 radical (unpaired) electrons. The highest BCUT2D eigenvalue weighted by molar-refractivity contribution is 5.81. The van der Waals surface area contributed by atoms with Crippen LogP contribution in [0.2, 0.25) is 0 Å². The van der Waals surface area contributed by atoms with Gasteiger partial charge in [0.15, 0.2) is 0 Å². The zero-order valence-electron chi connectivity index (χ0n) is 8.39. The minimum Gasteiger partial charge on any atom is -0.356 e. The van der Waals surface area contributed by atoms with Crippen molar-refractivity contribution in [1.82, 2.24) is 5.32 Å². The van der Waals surface area contributed by atoms with Crippen molar-refractivity contribution in [2.45, 2.75) is 26.7 Å². The Bertz CT molecular complexity index is 203. The van der Waals surface area contributed by atoms with Gasteiger partial charge in [0.25, 0.3) is 0 Å². The predicted molar refractivity (Wildman–Crippen MR) is 53.9 cm³/mol. The van der Waals surface area contributed by atoms with Gasteiger partial charge in [-0.15, -0.1) is 12.3 Å². The van der Waals surface area contributed by atoms with Crippen LogP contribution in [0.1, 0.15) is 26.7 Å². The van der Waals surface area contributed by atoms with Crippen LogP contribution in [0, 0.1) is 17.8 Å². The van der Waals surface area contributed by atoms with Gasteiger partial charge in [0.05, 0.1) is 5.41 Å². The molecule has 0 aromatic rings. The van der Waals surface area contributed by atoms with Crippen LogP contribution in [-0.2, 0) is 4.79 Å². The maximum Gasteiger partial charge on any atom is 0.226 e. The van der Waals surface area contributed by atoms with Crippen LogP contribution in [0.4, 0.5) is 0 Å². The average Bonchev–Trinajstić information content (AvgIpc) is 2.12. The van der Waals surface area contributed by atoms with E-state index >= 15 is 0 Å². The number of hydrogen-bond acceptors (Lipinski definition) is 2. The zero-order valence-corrected chi connectivity index (χ0v) is 8.39. The Balaban J connectivity index is 3.70. The number of amides is 1. The molecule has 3 heteroatoms. The van der Waals surface area contributed by atoms with Crippen molar-refractivity contribution in [3.63, 3.8) is 0 Å². The molecule has 0 unspecified atom stereocenters. The average molecular weight is 182 g/mol. The van der Waals surface area contributed by atoms with E-state index in [1.165, 1.54) is 0 Å². The molecule has 0 spiro atoms. The van der Waals surface area contributed by atoms with Gasteiger partial charge in [-0.05, 0) is 20.3 Å². The number of nitrogens with two attached hydrogens (primary N) is 1. The molecule has 0 saturated heterocycles. The Morgan fingerprint density at radius 1 is 1.62 bits per heavy atom. The van der Waals surface area contributed by atoms with Crippen LogP contribution in [0.3, 0.4) is 0 Å². The normalized spacial score (nSPS) is 10.6. The molecule has 74 valence electrons. The highest BCUT2D eigenvalue weighted by Crippen LogP contribution is 2.11. The van der Waals surface area contributed by atoms with E-state index in [2.05, 4.69) is 11.2 Å². The molecular formula is C10H18N2O. The monoisotopic (exact) mass is 182 g/mol. The van der Waals surface area contributed by atoms with Gasteiger partial charge in [0.1, 0.15) is 0 Å². The zero-order chi connectivity index (χ0) is 10.3. The molecule has 13 heavy (non-hydrogen) atoms. The Labute approximate surface area is 80.1 Å². The molecule has 0 aliphatic rings. The summed E-state index contributed by atoms with van der Waals surface area (Å²) in [5.74, 6) is 2.51. The highest BCUT2D eigenvalue weighted by atomic mass is 16.2. The van der Waals surface area contributed by atoms with E-state index in [1.807, 2.05) is 13.8 Å². The molecule has 0 rings (SSSR count). The molecule has 0 saturated carbocycles. The lowest BCUT2D eigenvalue weighted by atomic mass is 9.93. The quantitative estimate of drug-likeness (QED) is 0.480. The van der Waals surface area contributed by atoms with Crippen LogP contribution in [0.25, 0.3) is 0 Å². The van der Waals surface area contributed by atoms with E-state index in [9.17, 15) is 4.79 Å². The molecule has 0 aliphatic heterocycles. The molecule has 0 heterocycles. The van der Waals surface area contributed by atoms with Gasteiger partial charge in [-0.1, -0.05) is 0 Å². The van der Waals surface area contributed by atoms with E-state index in [0.29, 0.717) is 19.5 Å². The topological polar surface area (TPSA) is 55.1 Å². The van der Waals surface area contributed by atoms with Crippen LogP contribution >= 0.6 is 0 Å². The summed E-state index contributed by atoms with van der Waals surface area (Å²) in [5.41, 5.74) is 4.97. The molecule has 0 atom stereocenters. The van der Waals surface area contributed by atoms with Gasteiger partial charge in [0.2, 0.25) is 5.91 Å². The fourth-order valence-corrected chi connectivity index (χ4v) is 0.724. The standard InChI is InChI=1S/C10H18N2O/c1-4-5-6-7-12-9(13)10(2,3)8-11/h1H,5-8,11H2,2-3H3,(H,12,13). The van der Waals surface area contributed by atoms with Crippen molar-refractivity contribution in [3.05, 3.63) is 0 Å². The first-order valence-corrected chi connectivity index (χ1v) is 4.46. The van der Waals surface area contributed by atoms with Crippen molar-refractivity contribution < 1.29 is 4.79 Å². The summed E-state index contributed by atoms with van der Waals surface area (Å²) in [6, 6.07) is 0. The third kappa shape index (κ3) is 4.54. The Morgan fingerprint density at radius 3 is 2.69 bits per heavy atom. The fraction of sp³-hybridized carbons (Fsp3) is 0.700. The summed E-state index contributed by atoms with van der Waals surface area (Å²) in [6.45, 7) is 4.63. The van der Waals surface area contributed by atoms with Crippen molar-refractivity contribution in [3.8, 4) is 12.3 Å². The van der Waals surface area contributed by atoms with Crippen molar-refractivity contribution in [1.29, 1.82) is 0 Å². The first kappa shape index (κ1) is 12.0. The smallest absolute Gasteiger partial charge is 0.226 e. The van der Waals surface area contributed by atoms with Gasteiger partial charge in [-0.3, -0.25) is 4.79 Å². The molecule has 0 aliphatic carbocycles. The number of hydrogen-bond donors (Lipinski definition) is 2. The molecule has 3 nitrogen and oxygen atoms in total. The first-order chi connectivity index (χ1) is 6.04. The Morgan fingerprint density at radius 2 is 2.23 bits per heavy atom. The van der Waals surface area contributed by atoms with Gasteiger partial charge in [0, 0.05) is 19.5 Å². The SMILES string of the molecule is C#CCCCNC(=O)C(C)(C)CN. The largest absolute Gasteiger partial charge is 0.356 e. The first-order valence-electron chi connectivity index (χ1n) is 4.46. The second kappa shape index (κ2) is 5.60. The van der Waals surface area contributed by atoms with Gasteiger partial charge < -0.3 is 11.1 Å². The summed E-state index contributed by atoms with van der Waals surface area (Å²) in [5, 5.41) is 2.79. The number of carbonyl (C=O) groups is 1. The molecule has 1 amide bonds. The number of rotatable bonds is 5. The molecule has 0 fully saturated rings. The van der Waals surface area contributed by atoms with Gasteiger partial charge >= 0.3 is 0 Å². The molecule has 0 bridgehead atoms. The predicted octanol–water partition coefficient (Wildman–Crippen LogP) is 0.501. The summed E-state index contributed by atoms with van der Waals surface area (Å²) in [6.07, 6.45) is 6.59. The van der Waals surface area contributed by atoms with E-state index in [0.717, 1.165) is 6.42 Å². The lowest BCUT2D eigenvalue weighted by molar-refractivity contribution is -0.128. The summed E-state index contributed by atoms with van der Waals surface area (Å²) in [4.78, 5) is 11.4. The fourth-order valence-electron chi connectivity index (χ4n) is 0.724. The van der Waals surface area contributed by atoms with Crippen LogP contribution in [0.5, 0.6) is 0 Å². The minimum atomic E-state index is -0.476. The minimum absolute atomic E-state index is 0.00739. The van der Waals surface area contributed by atoms with Gasteiger partial charge in [-0.2, -0.15) is 0 Å². The summed E-state index contributed by atoms with van der Waals surface area (Å²) >= 11 is 0. The summed E-state index contributed by atoms with van der Waals surface area (Å²) < 4.78 is 0. The molecule has 3 N–H and O–H groups in total. The third-order valence-electron chi connectivity index (χ3n) is 1.91. The Hall–Kier alpha value is -1.01. The van der Waals surface area contributed by atoms with E-state index < -0.39 is 5.41 Å². The maximum absolute atomic E-state index is 11.4. The van der Waals surface area contributed by atoms with Crippen molar-refractivity contribution >= 4 is 5.91 Å². The summed E-state index contributed by atoms with van der Waals surface area (Å²) in [7, 11) is 0. The Kier molecular flexibility index (Phi) is 5.17. The van der Waals surface area contributed by atoms with Gasteiger partial charge in [-0.25, -0.2) is 0 Å². The van der Waals surface area contributed by atoms with Crippen molar-refractivity contribution in [2.24, 2.45) is 11.1 Å². The number of unbranched alkanes of at least 4 members (excludes halogenated alkanes) is 1. The maximum atomic E-state index is 11.4. The highest BCUT2D eigenvalue weighted by Gasteiger charge is 2.24. The van der Waals surface area contributed by atoms with E-state index in [4.69, 9.17) is 12.2 Å². The third-order valence-corrected chi connectivity index (χ3v) is 1.91. The molecule has 0 aromatic carbocycles. The number of carbonyl (C=O) groups excluding carboxylic acids is 1. The van der Waals surface area contributed by atoms with Crippen LogP contribution < -0.4 is 11.1 Å².